The second kappa shape index (κ2) is 11.6. The van der Waals surface area contributed by atoms with Gasteiger partial charge in [-0.1, -0.05) is 108 Å². The summed E-state index contributed by atoms with van der Waals surface area (Å²) in [5.74, 6) is 1.72. The number of aromatic nitrogens is 3. The molecule has 5 aromatic carbocycles. The Bertz CT molecular complexity index is 2960. The summed E-state index contributed by atoms with van der Waals surface area (Å²) in [6.07, 6.45) is 3.66. The predicted molar refractivity (Wildman–Crippen MR) is 234 cm³/mol. The number of imidazole rings is 1. The van der Waals surface area contributed by atoms with Crippen molar-refractivity contribution in [1.82, 2.24) is 4.57 Å². The average molecular weight is 752 g/mol. The van der Waals surface area contributed by atoms with Crippen LogP contribution in [0.1, 0.15) is 73.6 Å². The molecule has 5 heteroatoms. The van der Waals surface area contributed by atoms with Crippen LogP contribution in [0.25, 0.3) is 61.3 Å². The maximum Gasteiger partial charge on any atom is 0.364 e. The summed E-state index contributed by atoms with van der Waals surface area (Å²) in [5, 5.41) is 3.84. The third kappa shape index (κ3) is 4.64. The maximum absolute atomic E-state index is 7.09. The van der Waals surface area contributed by atoms with Crippen molar-refractivity contribution in [3.8, 4) is 28.3 Å². The number of para-hydroxylation sites is 3. The van der Waals surface area contributed by atoms with Crippen LogP contribution in [-0.2, 0) is 17.5 Å². The van der Waals surface area contributed by atoms with Gasteiger partial charge < -0.3 is 4.42 Å². The third-order valence-electron chi connectivity index (χ3n) is 12.6. The van der Waals surface area contributed by atoms with E-state index in [9.17, 15) is 0 Å². The van der Waals surface area contributed by atoms with E-state index in [0.717, 1.165) is 34.2 Å². The zero-order valence-corrected chi connectivity index (χ0v) is 35.8. The molecule has 0 aliphatic carbocycles. The molecule has 10 rings (SSSR count). The molecule has 4 nitrogen and oxygen atoms in total. The van der Waals surface area contributed by atoms with Crippen LogP contribution in [0.5, 0.6) is 0 Å². The van der Waals surface area contributed by atoms with Gasteiger partial charge in [-0.25, -0.2) is 0 Å². The van der Waals surface area contributed by atoms with Crippen molar-refractivity contribution in [3.05, 3.63) is 142 Å². The van der Waals surface area contributed by atoms with Crippen molar-refractivity contribution in [2.45, 2.75) is 92.5 Å². The molecule has 0 amide bonds. The molecule has 5 heterocycles. The Morgan fingerprint density at radius 1 is 0.786 bits per heavy atom. The molecule has 2 aliphatic rings. The zero-order chi connectivity index (χ0) is 39.2. The molecule has 0 saturated carbocycles. The average Bonchev–Trinajstić information content (AvgIpc) is 3.83. The van der Waals surface area contributed by atoms with E-state index < -0.39 is 13.7 Å². The van der Waals surface area contributed by atoms with Gasteiger partial charge in [0, 0.05) is 22.0 Å². The largest absolute Gasteiger partial charge is 0.455 e. The van der Waals surface area contributed by atoms with Gasteiger partial charge in [-0.2, -0.15) is 4.57 Å². The van der Waals surface area contributed by atoms with E-state index in [1.54, 1.807) is 0 Å². The number of furan rings is 1. The van der Waals surface area contributed by atoms with Crippen molar-refractivity contribution in [3.63, 3.8) is 0 Å². The van der Waals surface area contributed by atoms with Crippen LogP contribution in [0.4, 0.5) is 0 Å². The van der Waals surface area contributed by atoms with Crippen LogP contribution >= 0.6 is 0 Å². The highest BCUT2D eigenvalue weighted by Crippen LogP contribution is 2.53. The van der Waals surface area contributed by atoms with Crippen LogP contribution in [0, 0.1) is 26.7 Å². The van der Waals surface area contributed by atoms with Gasteiger partial charge in [-0.15, -0.1) is 9.13 Å². The number of pyridine rings is 1. The molecule has 0 fully saturated rings. The number of aryl methyl sites for hydroxylation is 3. The van der Waals surface area contributed by atoms with E-state index in [0.29, 0.717) is 5.92 Å². The van der Waals surface area contributed by atoms with E-state index >= 15 is 0 Å². The van der Waals surface area contributed by atoms with Gasteiger partial charge in [0.15, 0.2) is 22.8 Å². The second-order valence-electron chi connectivity index (χ2n) is 19.2. The molecule has 0 saturated heterocycles. The molecule has 1 atom stereocenters. The summed E-state index contributed by atoms with van der Waals surface area (Å²) in [4.78, 5) is 0. The molecule has 1 unspecified atom stereocenters. The molecular formula is C51H53N3OSi+2. The summed E-state index contributed by atoms with van der Waals surface area (Å²) >= 11 is 0. The molecule has 0 radical (unpaired) electrons. The van der Waals surface area contributed by atoms with Gasteiger partial charge in [-0.05, 0) is 103 Å². The van der Waals surface area contributed by atoms with Gasteiger partial charge in [0.2, 0.25) is 5.69 Å². The quantitative estimate of drug-likeness (QED) is 0.130. The molecule has 1 spiro atoms. The molecule has 3 aromatic heterocycles. The lowest BCUT2D eigenvalue weighted by Gasteiger charge is -2.25. The zero-order valence-electron chi connectivity index (χ0n) is 34.8. The molecular weight excluding hydrogens is 699 g/mol. The highest BCUT2D eigenvalue weighted by atomic mass is 28.3. The van der Waals surface area contributed by atoms with Gasteiger partial charge in [0.25, 0.3) is 0 Å². The number of nitrogens with zero attached hydrogens (tertiary/aromatic N) is 3. The lowest BCUT2D eigenvalue weighted by molar-refractivity contribution is -0.944. The van der Waals surface area contributed by atoms with E-state index in [4.69, 9.17) is 4.42 Å². The fourth-order valence-corrected chi connectivity index (χ4v) is 12.1. The van der Waals surface area contributed by atoms with Crippen LogP contribution in [-0.4, -0.2) is 12.6 Å². The summed E-state index contributed by atoms with van der Waals surface area (Å²) < 4.78 is 15.1. The lowest BCUT2D eigenvalue weighted by atomic mass is 9.82. The lowest BCUT2D eigenvalue weighted by Crippen LogP contribution is -2.72. The Balaban J connectivity index is 1.48. The van der Waals surface area contributed by atoms with Crippen LogP contribution in [0.15, 0.2) is 108 Å². The number of hydrogen-bond acceptors (Lipinski definition) is 1. The molecule has 280 valence electrons. The minimum Gasteiger partial charge on any atom is -0.455 e. The van der Waals surface area contributed by atoms with Crippen LogP contribution in [0.3, 0.4) is 0 Å². The number of fused-ring (bicyclic) bond motifs is 16. The van der Waals surface area contributed by atoms with Crippen molar-refractivity contribution < 1.29 is 13.6 Å². The van der Waals surface area contributed by atoms with Crippen molar-refractivity contribution in [2.24, 2.45) is 5.92 Å². The van der Waals surface area contributed by atoms with E-state index in [2.05, 4.69) is 192 Å². The Kier molecular flexibility index (Phi) is 7.31. The second-order valence-corrected chi connectivity index (χ2v) is 24.2. The Labute approximate surface area is 332 Å². The topological polar surface area (TPSA) is 25.8 Å². The van der Waals surface area contributed by atoms with E-state index in [1.807, 2.05) is 0 Å². The third-order valence-corrected chi connectivity index (χ3v) is 14.7. The SMILES string of the molecule is Cc1cc(C)c(-n2c3[n+](c4ccccc42)C2(c4cc(C(C)(C)C)ccc4-c4cc(CC(C)C)c([Si](C)(C)C)c[n+]42)c2ccc4c(oc5ccccc54)c2-3)c(C)c1. The highest BCUT2D eigenvalue weighted by molar-refractivity contribution is 6.89. The van der Waals surface area contributed by atoms with Gasteiger partial charge in [0.05, 0.1) is 24.8 Å². The Morgan fingerprint density at radius 3 is 2.21 bits per heavy atom. The normalized spacial score (nSPS) is 16.1. The predicted octanol–water partition coefficient (Wildman–Crippen LogP) is 11.3. The highest BCUT2D eigenvalue weighted by Gasteiger charge is 2.67. The van der Waals surface area contributed by atoms with Crippen molar-refractivity contribution >= 4 is 46.2 Å². The maximum atomic E-state index is 7.09. The monoisotopic (exact) mass is 751 g/mol. The fourth-order valence-electron chi connectivity index (χ4n) is 10.4. The number of rotatable bonds is 4. The summed E-state index contributed by atoms with van der Waals surface area (Å²) in [6.45, 7) is 26.0. The molecule has 2 aliphatic heterocycles. The number of benzene rings is 5. The smallest absolute Gasteiger partial charge is 0.364 e. The number of hydrogen-bond donors (Lipinski definition) is 0. The minimum absolute atomic E-state index is 0.0380. The first-order valence-corrected chi connectivity index (χ1v) is 23.9. The van der Waals surface area contributed by atoms with Crippen molar-refractivity contribution in [1.29, 1.82) is 0 Å². The standard InChI is InChI=1S/C51H53N3OSi/c1-30(2)24-34-27-43-38-21-20-35(50(6,7)8)28-40(38)51(52(43)29-45(34)56(9,10)11)39-23-22-37-36-16-12-15-19-44(36)55-48(37)46(39)49-53(41-17-13-14-18-42(41)54(49)51)47-32(4)25-31(3)26-33(47)5/h12-23,25-30H,24H2,1-11H3/q+2. The molecule has 8 aromatic rings. The first-order chi connectivity index (χ1) is 26.6. The first kappa shape index (κ1) is 35.2. The van der Waals surface area contributed by atoms with Gasteiger partial charge in [-0.3, -0.25) is 0 Å². The Morgan fingerprint density at radius 2 is 1.50 bits per heavy atom. The van der Waals surface area contributed by atoms with E-state index in [1.165, 1.54) is 77.7 Å². The molecule has 0 bridgehead atoms. The Hall–Kier alpha value is -5.26. The summed E-state index contributed by atoms with van der Waals surface area (Å²) in [7, 11) is -1.82. The molecule has 0 N–H and O–H groups in total. The van der Waals surface area contributed by atoms with Crippen LogP contribution < -0.4 is 14.3 Å². The minimum atomic E-state index is -1.82. The van der Waals surface area contributed by atoms with Gasteiger partial charge in [0.1, 0.15) is 16.8 Å². The van der Waals surface area contributed by atoms with E-state index in [-0.39, 0.29) is 5.41 Å². The summed E-state index contributed by atoms with van der Waals surface area (Å²) in [5.41, 5.74) is 17.7. The first-order valence-electron chi connectivity index (χ1n) is 20.4. The fraction of sp³-hybridized carbons (Fsp3) is 0.294. The summed E-state index contributed by atoms with van der Waals surface area (Å²) in [6, 6.07) is 37.0. The van der Waals surface area contributed by atoms with Crippen molar-refractivity contribution in [2.75, 3.05) is 0 Å². The molecule has 56 heavy (non-hydrogen) atoms. The van der Waals surface area contributed by atoms with Crippen LogP contribution in [0.2, 0.25) is 19.6 Å². The van der Waals surface area contributed by atoms with Gasteiger partial charge >= 0.3 is 11.5 Å².